The van der Waals surface area contributed by atoms with Crippen LogP contribution in [0.4, 0.5) is 0 Å². The smallest absolute Gasteiger partial charge is 0.329 e. The van der Waals surface area contributed by atoms with Crippen LogP contribution in [0, 0.1) is 0 Å². The fraction of sp³-hybridized carbons (Fsp3) is 0.306. The Morgan fingerprint density at radius 1 is 0.587 bits per heavy atom. The van der Waals surface area contributed by atoms with Crippen molar-refractivity contribution in [1.82, 2.24) is 16.0 Å². The molecule has 0 unspecified atom stereocenters. The third-order valence-electron chi connectivity index (χ3n) is 10.2. The molecule has 0 bridgehead atoms. The predicted octanol–water partition coefficient (Wildman–Crippen LogP) is 7.48. The van der Waals surface area contributed by atoms with Crippen LogP contribution in [0.25, 0.3) is 32.7 Å². The number of nitrogens with two attached hydrogens (primary N) is 2. The third-order valence-corrected chi connectivity index (χ3v) is 10.2. The predicted molar refractivity (Wildman–Crippen MR) is 255 cm³/mol. The van der Waals surface area contributed by atoms with Gasteiger partial charge in [-0.15, -0.1) is 31.4 Å². The summed E-state index contributed by atoms with van der Waals surface area (Å²) < 4.78 is 18.0. The largest absolute Gasteiger partial charge is 0.489 e. The summed E-state index contributed by atoms with van der Waals surface area (Å²) in [7, 11) is 0. The van der Waals surface area contributed by atoms with Crippen LogP contribution >= 0.6 is 24.8 Å². The molecule has 0 radical (unpaired) electrons. The van der Waals surface area contributed by atoms with Crippen LogP contribution in [0.3, 0.4) is 0 Å². The van der Waals surface area contributed by atoms with E-state index in [1.807, 2.05) is 103 Å². The van der Waals surface area contributed by atoms with Crippen molar-refractivity contribution in [3.63, 3.8) is 0 Å². The monoisotopic (exact) mass is 899 g/mol. The lowest BCUT2D eigenvalue weighted by molar-refractivity contribution is -0.149. The molecule has 336 valence electrons. The Morgan fingerprint density at radius 3 is 1.63 bits per heavy atom. The molecular weight excluding hydrogens is 841 g/mol. The molecule has 0 heterocycles. The molecule has 3 atom stereocenters. The molecular formula is C49H59Cl2N5O7. The molecule has 0 spiro atoms. The summed E-state index contributed by atoms with van der Waals surface area (Å²) in [5.41, 5.74) is 13.9. The molecule has 0 aliphatic rings. The minimum atomic E-state index is -1.03. The van der Waals surface area contributed by atoms with Crippen LogP contribution in [-0.2, 0) is 30.5 Å². The summed E-state index contributed by atoms with van der Waals surface area (Å²) in [6, 6.07) is 29.7. The fourth-order valence-corrected chi connectivity index (χ4v) is 7.07. The summed E-state index contributed by atoms with van der Waals surface area (Å²) in [6.45, 7) is 8.26. The summed E-state index contributed by atoms with van der Waals surface area (Å²) >= 11 is 0. The van der Waals surface area contributed by atoms with Crippen LogP contribution in [0.1, 0.15) is 50.5 Å². The van der Waals surface area contributed by atoms with Crippen molar-refractivity contribution in [2.45, 2.75) is 69.7 Å². The first kappa shape index (κ1) is 51.4. The maximum Gasteiger partial charge on any atom is 0.329 e. The number of hydrogen-bond acceptors (Lipinski definition) is 9. The van der Waals surface area contributed by atoms with Crippen molar-refractivity contribution in [2.75, 3.05) is 26.3 Å². The minimum absolute atomic E-state index is 0. The van der Waals surface area contributed by atoms with Crippen molar-refractivity contribution in [2.24, 2.45) is 11.5 Å². The van der Waals surface area contributed by atoms with Gasteiger partial charge in [-0.25, -0.2) is 4.79 Å². The van der Waals surface area contributed by atoms with Crippen LogP contribution < -0.4 is 36.9 Å². The maximum absolute atomic E-state index is 14.0. The first-order valence-corrected chi connectivity index (χ1v) is 20.8. The van der Waals surface area contributed by atoms with Gasteiger partial charge in [0.1, 0.15) is 42.8 Å². The molecule has 3 amide bonds. The summed E-state index contributed by atoms with van der Waals surface area (Å²) in [5.74, 6) is -1.22. The van der Waals surface area contributed by atoms with Gasteiger partial charge < -0.3 is 41.6 Å². The number of carbonyl (C=O) groups is 4. The van der Waals surface area contributed by atoms with E-state index in [2.05, 4.69) is 29.1 Å². The normalized spacial score (nSPS) is 12.0. The number of nitrogens with one attached hydrogen (secondary N) is 3. The highest BCUT2D eigenvalue weighted by Gasteiger charge is 2.30. The molecule has 5 rings (SSSR count). The first-order valence-electron chi connectivity index (χ1n) is 20.8. The number of halogens is 2. The van der Waals surface area contributed by atoms with E-state index in [4.69, 9.17) is 25.7 Å². The lowest BCUT2D eigenvalue weighted by Crippen LogP contribution is -2.56. The quantitative estimate of drug-likeness (QED) is 0.0225. The van der Waals surface area contributed by atoms with E-state index in [1.54, 1.807) is 6.08 Å². The molecule has 0 aliphatic carbocycles. The summed E-state index contributed by atoms with van der Waals surface area (Å²) in [6.07, 6.45) is 6.12. The highest BCUT2D eigenvalue weighted by atomic mass is 35.5. The molecule has 0 aromatic heterocycles. The van der Waals surface area contributed by atoms with E-state index in [-0.39, 0.29) is 57.3 Å². The molecule has 5 aromatic rings. The van der Waals surface area contributed by atoms with Crippen molar-refractivity contribution < 1.29 is 33.4 Å². The number of fused-ring (bicyclic) bond motifs is 2. The molecule has 0 fully saturated rings. The van der Waals surface area contributed by atoms with Gasteiger partial charge in [0.2, 0.25) is 11.8 Å². The zero-order valence-electron chi connectivity index (χ0n) is 35.4. The Kier molecular flexibility index (Phi) is 22.2. The molecule has 7 N–H and O–H groups in total. The number of carbonyl (C=O) groups excluding carboxylic acids is 4. The Bertz CT molecular complexity index is 2280. The maximum atomic E-state index is 14.0. The van der Waals surface area contributed by atoms with Crippen LogP contribution in [0.5, 0.6) is 11.5 Å². The van der Waals surface area contributed by atoms with Crippen LogP contribution in [0.15, 0.2) is 128 Å². The number of amides is 3. The van der Waals surface area contributed by atoms with E-state index in [1.165, 1.54) is 6.08 Å². The summed E-state index contributed by atoms with van der Waals surface area (Å²) in [5, 5.41) is 12.2. The number of rotatable bonds is 25. The Hall–Kier alpha value is -5.92. The van der Waals surface area contributed by atoms with Crippen molar-refractivity contribution in [3.05, 3.63) is 134 Å². The average molecular weight is 901 g/mol. The highest BCUT2D eigenvalue weighted by Crippen LogP contribution is 2.45. The van der Waals surface area contributed by atoms with Crippen LogP contribution in [0.2, 0.25) is 0 Å². The van der Waals surface area contributed by atoms with Crippen molar-refractivity contribution in [3.8, 4) is 22.6 Å². The van der Waals surface area contributed by atoms with Crippen LogP contribution in [-0.4, -0.2) is 68.1 Å². The molecule has 14 heteroatoms. The van der Waals surface area contributed by atoms with E-state index in [9.17, 15) is 19.2 Å². The van der Waals surface area contributed by atoms with Gasteiger partial charge in [0, 0.05) is 11.1 Å². The van der Waals surface area contributed by atoms with Gasteiger partial charge >= 0.3 is 5.97 Å². The first-order chi connectivity index (χ1) is 29.8. The van der Waals surface area contributed by atoms with Gasteiger partial charge in [-0.3, -0.25) is 14.4 Å². The Morgan fingerprint density at radius 2 is 1.10 bits per heavy atom. The number of ether oxygens (including phenoxy) is 3. The van der Waals surface area contributed by atoms with Gasteiger partial charge in [-0.1, -0.05) is 110 Å². The lowest BCUT2D eigenvalue weighted by Gasteiger charge is -2.25. The number of hydrogen-bond donors (Lipinski definition) is 5. The Balaban J connectivity index is 0.00000528. The van der Waals surface area contributed by atoms with E-state index >= 15 is 0 Å². The van der Waals surface area contributed by atoms with Gasteiger partial charge in [0.15, 0.2) is 6.61 Å². The van der Waals surface area contributed by atoms with Gasteiger partial charge in [-0.2, -0.15) is 0 Å². The molecule has 63 heavy (non-hydrogen) atoms. The molecule has 12 nitrogen and oxygen atoms in total. The minimum Gasteiger partial charge on any atom is -0.489 e. The second-order valence-corrected chi connectivity index (χ2v) is 14.6. The van der Waals surface area contributed by atoms with Gasteiger partial charge in [0.25, 0.3) is 5.91 Å². The van der Waals surface area contributed by atoms with E-state index in [0.29, 0.717) is 50.3 Å². The Labute approximate surface area is 382 Å². The van der Waals surface area contributed by atoms with E-state index in [0.717, 1.165) is 38.2 Å². The zero-order chi connectivity index (χ0) is 43.4. The second-order valence-electron chi connectivity index (χ2n) is 14.6. The average Bonchev–Trinajstić information content (AvgIpc) is 3.28. The van der Waals surface area contributed by atoms with E-state index < -0.39 is 48.4 Å². The molecule has 0 aliphatic heterocycles. The summed E-state index contributed by atoms with van der Waals surface area (Å²) in [4.78, 5) is 54.6. The van der Waals surface area contributed by atoms with Crippen molar-refractivity contribution >= 4 is 70.0 Å². The van der Waals surface area contributed by atoms with Crippen molar-refractivity contribution in [1.29, 1.82) is 0 Å². The highest BCUT2D eigenvalue weighted by molar-refractivity contribution is 6.10. The third kappa shape index (κ3) is 14.9. The number of unbranched alkanes of at least 4 members (excludes halogenated alkanes) is 2. The SMILES string of the molecule is C=CCOc1ccc2ccccc2c1-c1c(OCC(=O)N[C@H](CCCCN)C(=O)N[C@H](CCCCN)C(=O)N[C@@H](CC=C)C(=O)OCc2ccccc2)ccc2ccccc12.Cl.Cl. The molecule has 0 saturated carbocycles. The van der Waals surface area contributed by atoms with Gasteiger partial charge in [0.05, 0.1) is 0 Å². The fourth-order valence-electron chi connectivity index (χ4n) is 7.07. The molecule has 0 saturated heterocycles. The lowest BCUT2D eigenvalue weighted by atomic mass is 9.92. The zero-order valence-corrected chi connectivity index (χ0v) is 37.1. The molecule has 5 aromatic carbocycles. The number of benzene rings is 5. The van der Waals surface area contributed by atoms with Gasteiger partial charge in [-0.05, 0) is 97.3 Å². The topological polar surface area (TPSA) is 184 Å². The second kappa shape index (κ2) is 27.2. The standard InChI is InChI=1S/C49H57N5O7.2ClH/c1-3-16-41(49(58)61-32-34-17-6-5-7-18-34)54-48(57)40(24-13-15-30-51)53-47(56)39(23-12-14-29-50)52-44(55)33-60-43-28-26-36-20-9-11-22-38(36)46(43)45-37-21-10-8-19-35(37)25-27-42(45)59-31-4-2;;/h3-11,17-22,25-28,39-41H,1-2,12-16,23-24,29-33,50-51H2,(H,52,55)(H,53,56)(H,54,57);2*1H/t39-,40-,41+;;/m1../s1. The number of esters is 1.